The molecule has 3 amide bonds. The molecule has 0 radical (unpaired) electrons. The highest BCUT2D eigenvalue weighted by Crippen LogP contribution is 2.20. The first-order valence-corrected chi connectivity index (χ1v) is 8.92. The van der Waals surface area contributed by atoms with E-state index in [1.807, 2.05) is 23.1 Å². The summed E-state index contributed by atoms with van der Waals surface area (Å²) in [7, 11) is 1.59. The number of hydrogen-bond donors (Lipinski definition) is 2. The fraction of sp³-hybridized carbons (Fsp3) is 0.300. The third kappa shape index (κ3) is 4.55. The molecule has 0 atom stereocenters. The molecule has 0 aromatic heterocycles. The van der Waals surface area contributed by atoms with Gasteiger partial charge in [-0.15, -0.1) is 0 Å². The van der Waals surface area contributed by atoms with Gasteiger partial charge in [-0.05, 0) is 29.8 Å². The summed E-state index contributed by atoms with van der Waals surface area (Å²) in [6.45, 7) is 2.65. The van der Waals surface area contributed by atoms with Crippen molar-refractivity contribution in [2.75, 3.05) is 38.1 Å². The Kier molecular flexibility index (Phi) is 5.90. The zero-order chi connectivity index (χ0) is 19.2. The Bertz CT molecular complexity index is 802. The van der Waals surface area contributed by atoms with Crippen LogP contribution in [0.3, 0.4) is 0 Å². The van der Waals surface area contributed by atoms with Gasteiger partial charge >= 0.3 is 6.03 Å². The summed E-state index contributed by atoms with van der Waals surface area (Å²) in [5.41, 5.74) is 2.08. The number of para-hydroxylation sites is 1. The molecular formula is C20H23FN4O2. The number of carbonyl (C=O) groups is 2. The predicted octanol–water partition coefficient (Wildman–Crippen LogP) is 2.22. The van der Waals surface area contributed by atoms with Crippen LogP contribution in [0.2, 0.25) is 0 Å². The molecule has 1 heterocycles. The van der Waals surface area contributed by atoms with Crippen LogP contribution < -0.4 is 15.5 Å². The Morgan fingerprint density at radius 2 is 1.67 bits per heavy atom. The van der Waals surface area contributed by atoms with Crippen molar-refractivity contribution in [3.05, 3.63) is 65.5 Å². The van der Waals surface area contributed by atoms with Crippen LogP contribution in [0, 0.1) is 5.82 Å². The average Bonchev–Trinajstić information content (AvgIpc) is 2.72. The van der Waals surface area contributed by atoms with Crippen LogP contribution in [0.4, 0.5) is 14.9 Å². The lowest BCUT2D eigenvalue weighted by Gasteiger charge is -2.36. The van der Waals surface area contributed by atoms with Gasteiger partial charge in [0.15, 0.2) is 0 Å². The number of rotatable bonds is 4. The van der Waals surface area contributed by atoms with Gasteiger partial charge in [0.1, 0.15) is 5.82 Å². The van der Waals surface area contributed by atoms with Gasteiger partial charge in [0.25, 0.3) is 5.91 Å². The fourth-order valence-electron chi connectivity index (χ4n) is 3.07. The number of nitrogens with zero attached hydrogens (tertiary/aromatic N) is 2. The van der Waals surface area contributed by atoms with E-state index in [4.69, 9.17) is 0 Å². The van der Waals surface area contributed by atoms with Crippen LogP contribution in [0.5, 0.6) is 0 Å². The predicted molar refractivity (Wildman–Crippen MR) is 102 cm³/mol. The SMILES string of the molecule is CNC(=O)c1ccc(CNC(=O)N2CCN(c3ccccc3F)CC2)cc1. The van der Waals surface area contributed by atoms with E-state index in [2.05, 4.69) is 10.6 Å². The third-order valence-corrected chi connectivity index (χ3v) is 4.65. The third-order valence-electron chi connectivity index (χ3n) is 4.65. The normalized spacial score (nSPS) is 14.0. The number of benzene rings is 2. The van der Waals surface area contributed by atoms with Gasteiger partial charge in [-0.25, -0.2) is 9.18 Å². The van der Waals surface area contributed by atoms with E-state index in [0.29, 0.717) is 44.0 Å². The first kappa shape index (κ1) is 18.7. The minimum absolute atomic E-state index is 0.140. The van der Waals surface area contributed by atoms with E-state index in [1.54, 1.807) is 36.2 Å². The minimum Gasteiger partial charge on any atom is -0.366 e. The van der Waals surface area contributed by atoms with E-state index < -0.39 is 0 Å². The van der Waals surface area contributed by atoms with Gasteiger partial charge in [0.2, 0.25) is 0 Å². The van der Waals surface area contributed by atoms with Crippen molar-refractivity contribution < 1.29 is 14.0 Å². The second kappa shape index (κ2) is 8.53. The first-order valence-electron chi connectivity index (χ1n) is 8.92. The largest absolute Gasteiger partial charge is 0.366 e. The molecule has 0 aliphatic carbocycles. The molecule has 0 spiro atoms. The molecule has 1 aliphatic heterocycles. The van der Waals surface area contributed by atoms with Gasteiger partial charge in [-0.1, -0.05) is 24.3 Å². The van der Waals surface area contributed by atoms with Crippen molar-refractivity contribution in [3.63, 3.8) is 0 Å². The summed E-state index contributed by atoms with van der Waals surface area (Å²) in [4.78, 5) is 27.6. The summed E-state index contributed by atoms with van der Waals surface area (Å²) in [5, 5.41) is 5.46. The monoisotopic (exact) mass is 370 g/mol. The summed E-state index contributed by atoms with van der Waals surface area (Å²) >= 11 is 0. The van der Waals surface area contributed by atoms with Gasteiger partial charge in [-0.2, -0.15) is 0 Å². The molecule has 0 unspecified atom stereocenters. The smallest absolute Gasteiger partial charge is 0.317 e. The number of halogens is 1. The number of urea groups is 1. The fourth-order valence-corrected chi connectivity index (χ4v) is 3.07. The topological polar surface area (TPSA) is 64.7 Å². The van der Waals surface area contributed by atoms with Crippen LogP contribution in [0.25, 0.3) is 0 Å². The summed E-state index contributed by atoms with van der Waals surface area (Å²) in [5.74, 6) is -0.381. The number of piperazine rings is 1. The lowest BCUT2D eigenvalue weighted by Crippen LogP contribution is -2.51. The van der Waals surface area contributed by atoms with Crippen molar-refractivity contribution in [1.82, 2.24) is 15.5 Å². The second-order valence-electron chi connectivity index (χ2n) is 6.36. The van der Waals surface area contributed by atoms with Gasteiger partial charge < -0.3 is 20.4 Å². The van der Waals surface area contributed by atoms with E-state index in [1.165, 1.54) is 6.07 Å². The second-order valence-corrected chi connectivity index (χ2v) is 6.36. The van der Waals surface area contributed by atoms with Crippen molar-refractivity contribution in [2.24, 2.45) is 0 Å². The quantitative estimate of drug-likeness (QED) is 0.867. The van der Waals surface area contributed by atoms with Gasteiger partial charge in [0.05, 0.1) is 5.69 Å². The molecule has 2 aromatic rings. The van der Waals surface area contributed by atoms with E-state index >= 15 is 0 Å². The van der Waals surface area contributed by atoms with Gasteiger partial charge in [-0.3, -0.25) is 4.79 Å². The molecule has 27 heavy (non-hydrogen) atoms. The first-order chi connectivity index (χ1) is 13.1. The highest BCUT2D eigenvalue weighted by Gasteiger charge is 2.22. The lowest BCUT2D eigenvalue weighted by molar-refractivity contribution is 0.0963. The summed E-state index contributed by atoms with van der Waals surface area (Å²) in [6, 6.07) is 13.6. The molecule has 3 rings (SSSR count). The number of nitrogens with one attached hydrogen (secondary N) is 2. The Hall–Kier alpha value is -3.09. The Morgan fingerprint density at radius 3 is 2.30 bits per heavy atom. The Labute approximate surface area is 158 Å². The summed E-state index contributed by atoms with van der Waals surface area (Å²) in [6.07, 6.45) is 0. The Balaban J connectivity index is 1.48. The highest BCUT2D eigenvalue weighted by atomic mass is 19.1. The van der Waals surface area contributed by atoms with Crippen LogP contribution in [-0.4, -0.2) is 50.1 Å². The van der Waals surface area contributed by atoms with Crippen LogP contribution in [-0.2, 0) is 6.54 Å². The van der Waals surface area contributed by atoms with Crippen LogP contribution >= 0.6 is 0 Å². The molecular weight excluding hydrogens is 347 g/mol. The van der Waals surface area contributed by atoms with Crippen LogP contribution in [0.15, 0.2) is 48.5 Å². The number of hydrogen-bond acceptors (Lipinski definition) is 3. The molecule has 1 aliphatic rings. The molecule has 2 aromatic carbocycles. The van der Waals surface area contributed by atoms with Crippen LogP contribution in [0.1, 0.15) is 15.9 Å². The molecule has 1 saturated heterocycles. The molecule has 0 bridgehead atoms. The molecule has 6 nitrogen and oxygen atoms in total. The minimum atomic E-state index is -0.240. The summed E-state index contributed by atoms with van der Waals surface area (Å²) < 4.78 is 13.9. The maximum absolute atomic E-state index is 13.9. The molecule has 2 N–H and O–H groups in total. The number of amides is 3. The zero-order valence-corrected chi connectivity index (χ0v) is 15.2. The molecule has 0 saturated carbocycles. The molecule has 142 valence electrons. The Morgan fingerprint density at radius 1 is 1.00 bits per heavy atom. The van der Waals surface area contributed by atoms with Crippen molar-refractivity contribution >= 4 is 17.6 Å². The lowest BCUT2D eigenvalue weighted by atomic mass is 10.1. The highest BCUT2D eigenvalue weighted by molar-refractivity contribution is 5.93. The maximum atomic E-state index is 13.9. The van der Waals surface area contributed by atoms with E-state index in [0.717, 1.165) is 5.56 Å². The molecule has 7 heteroatoms. The van der Waals surface area contributed by atoms with Crippen molar-refractivity contribution in [2.45, 2.75) is 6.54 Å². The van der Waals surface area contributed by atoms with Crippen molar-refractivity contribution in [1.29, 1.82) is 0 Å². The number of carbonyl (C=O) groups excluding carboxylic acids is 2. The average molecular weight is 370 g/mol. The number of anilines is 1. The standard InChI is InChI=1S/C20H23FN4O2/c1-22-19(26)16-8-6-15(7-9-16)14-23-20(27)25-12-10-24(11-13-25)18-5-3-2-4-17(18)21/h2-9H,10-14H2,1H3,(H,22,26)(H,23,27). The van der Waals surface area contributed by atoms with E-state index in [-0.39, 0.29) is 17.8 Å². The maximum Gasteiger partial charge on any atom is 0.317 e. The molecule has 1 fully saturated rings. The van der Waals surface area contributed by atoms with Gasteiger partial charge in [0, 0.05) is 45.3 Å². The van der Waals surface area contributed by atoms with Crippen molar-refractivity contribution in [3.8, 4) is 0 Å². The zero-order valence-electron chi connectivity index (χ0n) is 15.2. The van der Waals surface area contributed by atoms with E-state index in [9.17, 15) is 14.0 Å².